The minimum atomic E-state index is -4.36. The van der Waals surface area contributed by atoms with E-state index in [4.69, 9.17) is 0 Å². The second kappa shape index (κ2) is 9.05. The smallest absolute Gasteiger partial charge is 0.356 e. The summed E-state index contributed by atoms with van der Waals surface area (Å²) >= 11 is 0. The standard InChI is InChI=1S/C19H25F3N2O2/c1-14(15-5-7-16(8-6-15)19(20,21)22)13-17(25)23-10-9-18(26)24-11-3-2-4-12-24/h5-8,14H,2-4,9-13H2,1H3,(H,23,25). The third-order valence-corrected chi connectivity index (χ3v) is 4.67. The highest BCUT2D eigenvalue weighted by atomic mass is 19.4. The zero-order valence-corrected chi connectivity index (χ0v) is 14.9. The van der Waals surface area contributed by atoms with Gasteiger partial charge in [0.25, 0.3) is 0 Å². The fourth-order valence-corrected chi connectivity index (χ4v) is 3.08. The second-order valence-electron chi connectivity index (χ2n) is 6.77. The molecule has 4 nitrogen and oxygen atoms in total. The lowest BCUT2D eigenvalue weighted by Crippen LogP contribution is -2.37. The van der Waals surface area contributed by atoms with Crippen molar-refractivity contribution in [2.45, 2.75) is 51.1 Å². The number of alkyl halides is 3. The lowest BCUT2D eigenvalue weighted by atomic mass is 9.96. The number of benzene rings is 1. The van der Waals surface area contributed by atoms with Crippen LogP contribution in [0.15, 0.2) is 24.3 Å². The van der Waals surface area contributed by atoms with E-state index in [0.717, 1.165) is 44.5 Å². The minimum Gasteiger partial charge on any atom is -0.356 e. The number of likely N-dealkylation sites (tertiary alicyclic amines) is 1. The van der Waals surface area contributed by atoms with Gasteiger partial charge in [0, 0.05) is 32.5 Å². The largest absolute Gasteiger partial charge is 0.416 e. The number of nitrogens with one attached hydrogen (secondary N) is 1. The third-order valence-electron chi connectivity index (χ3n) is 4.67. The van der Waals surface area contributed by atoms with Crippen molar-refractivity contribution in [3.63, 3.8) is 0 Å². The fraction of sp³-hybridized carbons (Fsp3) is 0.579. The average Bonchev–Trinajstić information content (AvgIpc) is 2.61. The maximum absolute atomic E-state index is 12.6. The van der Waals surface area contributed by atoms with Crippen LogP contribution in [0.5, 0.6) is 0 Å². The number of amides is 2. The highest BCUT2D eigenvalue weighted by molar-refractivity contribution is 5.79. The molecule has 1 atom stereocenters. The van der Waals surface area contributed by atoms with E-state index in [1.165, 1.54) is 12.1 Å². The molecule has 0 bridgehead atoms. The van der Waals surface area contributed by atoms with E-state index < -0.39 is 11.7 Å². The Labute approximate surface area is 151 Å². The van der Waals surface area contributed by atoms with Gasteiger partial charge < -0.3 is 10.2 Å². The van der Waals surface area contributed by atoms with Crippen LogP contribution in [0.4, 0.5) is 13.2 Å². The Morgan fingerprint density at radius 1 is 1.12 bits per heavy atom. The monoisotopic (exact) mass is 370 g/mol. The van der Waals surface area contributed by atoms with E-state index in [1.807, 2.05) is 4.90 Å². The highest BCUT2D eigenvalue weighted by Crippen LogP contribution is 2.30. The molecular weight excluding hydrogens is 345 g/mol. The Hall–Kier alpha value is -2.05. The highest BCUT2D eigenvalue weighted by Gasteiger charge is 2.30. The summed E-state index contributed by atoms with van der Waals surface area (Å²) in [4.78, 5) is 25.8. The molecule has 1 unspecified atom stereocenters. The van der Waals surface area contributed by atoms with E-state index in [0.29, 0.717) is 5.56 Å². The summed E-state index contributed by atoms with van der Waals surface area (Å²) in [5, 5.41) is 2.72. The van der Waals surface area contributed by atoms with Crippen molar-refractivity contribution in [2.75, 3.05) is 19.6 Å². The molecule has 2 rings (SSSR count). The van der Waals surface area contributed by atoms with Gasteiger partial charge in [0.15, 0.2) is 0 Å². The maximum atomic E-state index is 12.6. The molecule has 0 radical (unpaired) electrons. The Morgan fingerprint density at radius 3 is 2.31 bits per heavy atom. The number of hydrogen-bond donors (Lipinski definition) is 1. The van der Waals surface area contributed by atoms with Crippen molar-refractivity contribution >= 4 is 11.8 Å². The Kier molecular flexibility index (Phi) is 7.06. The third kappa shape index (κ3) is 6.04. The minimum absolute atomic E-state index is 0.0563. The first-order chi connectivity index (χ1) is 12.3. The van der Waals surface area contributed by atoms with Crippen molar-refractivity contribution in [3.05, 3.63) is 35.4 Å². The summed E-state index contributed by atoms with van der Waals surface area (Å²) in [5.74, 6) is -0.347. The van der Waals surface area contributed by atoms with Crippen LogP contribution in [0, 0.1) is 0 Å². The summed E-state index contributed by atoms with van der Waals surface area (Å²) in [7, 11) is 0. The van der Waals surface area contributed by atoms with Gasteiger partial charge in [-0.1, -0.05) is 19.1 Å². The van der Waals surface area contributed by atoms with Crippen molar-refractivity contribution in [2.24, 2.45) is 0 Å². The van der Waals surface area contributed by atoms with Crippen molar-refractivity contribution in [1.82, 2.24) is 10.2 Å². The van der Waals surface area contributed by atoms with Gasteiger partial charge in [-0.15, -0.1) is 0 Å². The number of carbonyl (C=O) groups is 2. The fourth-order valence-electron chi connectivity index (χ4n) is 3.08. The predicted octanol–water partition coefficient (Wildman–Crippen LogP) is 3.72. The van der Waals surface area contributed by atoms with Crippen LogP contribution in [0.1, 0.15) is 56.1 Å². The maximum Gasteiger partial charge on any atom is 0.416 e. The van der Waals surface area contributed by atoms with Crippen molar-refractivity contribution in [1.29, 1.82) is 0 Å². The molecule has 26 heavy (non-hydrogen) atoms. The van der Waals surface area contributed by atoms with Gasteiger partial charge in [-0.3, -0.25) is 9.59 Å². The summed E-state index contributed by atoms with van der Waals surface area (Å²) in [6, 6.07) is 4.86. The first-order valence-corrected chi connectivity index (χ1v) is 8.99. The molecule has 1 aromatic carbocycles. The molecule has 1 saturated heterocycles. The quantitative estimate of drug-likeness (QED) is 0.830. The molecule has 2 amide bonds. The lowest BCUT2D eigenvalue weighted by molar-refractivity contribution is -0.137. The van der Waals surface area contributed by atoms with Crippen LogP contribution in [-0.2, 0) is 15.8 Å². The topological polar surface area (TPSA) is 49.4 Å². The number of piperidine rings is 1. The van der Waals surface area contributed by atoms with Gasteiger partial charge in [-0.2, -0.15) is 13.2 Å². The molecule has 0 aromatic heterocycles. The molecule has 1 fully saturated rings. The number of rotatable bonds is 6. The summed E-state index contributed by atoms with van der Waals surface area (Å²) < 4.78 is 37.7. The van der Waals surface area contributed by atoms with Gasteiger partial charge in [-0.25, -0.2) is 0 Å². The van der Waals surface area contributed by atoms with Gasteiger partial charge in [0.1, 0.15) is 0 Å². The molecule has 1 aromatic rings. The number of carbonyl (C=O) groups excluding carboxylic acids is 2. The van der Waals surface area contributed by atoms with Gasteiger partial charge in [0.2, 0.25) is 11.8 Å². The van der Waals surface area contributed by atoms with Crippen LogP contribution in [0.3, 0.4) is 0 Å². The van der Waals surface area contributed by atoms with Crippen LogP contribution < -0.4 is 5.32 Å². The first kappa shape index (κ1) is 20.3. The van der Waals surface area contributed by atoms with E-state index in [9.17, 15) is 22.8 Å². The van der Waals surface area contributed by atoms with Gasteiger partial charge >= 0.3 is 6.18 Å². The van der Waals surface area contributed by atoms with Crippen molar-refractivity contribution in [3.8, 4) is 0 Å². The molecule has 0 spiro atoms. The first-order valence-electron chi connectivity index (χ1n) is 8.99. The van der Waals surface area contributed by atoms with Crippen LogP contribution in [0.2, 0.25) is 0 Å². The molecule has 1 N–H and O–H groups in total. The van der Waals surface area contributed by atoms with Gasteiger partial charge in [-0.05, 0) is 42.9 Å². The molecule has 144 valence electrons. The van der Waals surface area contributed by atoms with Crippen LogP contribution in [0.25, 0.3) is 0 Å². The SMILES string of the molecule is CC(CC(=O)NCCC(=O)N1CCCCC1)c1ccc(C(F)(F)F)cc1. The van der Waals surface area contributed by atoms with Crippen molar-refractivity contribution < 1.29 is 22.8 Å². The molecular formula is C19H25F3N2O2. The zero-order valence-electron chi connectivity index (χ0n) is 14.9. The Morgan fingerprint density at radius 2 is 1.73 bits per heavy atom. The number of hydrogen-bond acceptors (Lipinski definition) is 2. The molecule has 0 saturated carbocycles. The summed E-state index contributed by atoms with van der Waals surface area (Å²) in [6.45, 7) is 3.66. The number of halogens is 3. The zero-order chi connectivity index (χ0) is 19.2. The lowest BCUT2D eigenvalue weighted by Gasteiger charge is -2.26. The Balaban J connectivity index is 1.73. The average molecular weight is 370 g/mol. The second-order valence-corrected chi connectivity index (χ2v) is 6.77. The van der Waals surface area contributed by atoms with Gasteiger partial charge in [0.05, 0.1) is 5.56 Å². The van der Waals surface area contributed by atoms with E-state index in [-0.39, 0.29) is 37.1 Å². The van der Waals surface area contributed by atoms with Crippen LogP contribution in [-0.4, -0.2) is 36.3 Å². The number of nitrogens with zero attached hydrogens (tertiary/aromatic N) is 1. The molecule has 1 aliphatic rings. The van der Waals surface area contributed by atoms with E-state index >= 15 is 0 Å². The summed E-state index contributed by atoms with van der Waals surface area (Å²) in [5.41, 5.74) is -0.0216. The molecule has 7 heteroatoms. The Bertz CT molecular complexity index is 608. The van der Waals surface area contributed by atoms with Crippen LogP contribution >= 0.6 is 0 Å². The van der Waals surface area contributed by atoms with E-state index in [2.05, 4.69) is 5.32 Å². The predicted molar refractivity (Wildman–Crippen MR) is 92.5 cm³/mol. The molecule has 1 aliphatic heterocycles. The molecule has 0 aliphatic carbocycles. The summed E-state index contributed by atoms with van der Waals surface area (Å²) in [6.07, 6.45) is -0.697. The van der Waals surface area contributed by atoms with E-state index in [1.54, 1.807) is 6.92 Å². The normalized spacial score (nSPS) is 16.2. The molecule has 1 heterocycles.